The second-order valence-electron chi connectivity index (χ2n) is 5.78. The van der Waals surface area contributed by atoms with Crippen molar-refractivity contribution in [2.45, 2.75) is 6.92 Å². The van der Waals surface area contributed by atoms with Crippen molar-refractivity contribution in [1.29, 1.82) is 0 Å². The number of nitrogens with zero attached hydrogens (tertiary/aromatic N) is 1. The Hall–Kier alpha value is -2.61. The minimum atomic E-state index is -0.926. The predicted molar refractivity (Wildman–Crippen MR) is 107 cm³/mol. The van der Waals surface area contributed by atoms with E-state index in [9.17, 15) is 14.0 Å². The van der Waals surface area contributed by atoms with Crippen molar-refractivity contribution in [1.82, 2.24) is 5.16 Å². The highest BCUT2D eigenvalue weighted by molar-refractivity contribution is 6.44. The van der Waals surface area contributed by atoms with Crippen LogP contribution in [-0.4, -0.2) is 23.6 Å². The Kier molecular flexibility index (Phi) is 6.42. The van der Waals surface area contributed by atoms with Gasteiger partial charge in [0.25, 0.3) is 5.91 Å². The van der Waals surface area contributed by atoms with Gasteiger partial charge in [-0.15, -0.1) is 0 Å². The van der Waals surface area contributed by atoms with Crippen molar-refractivity contribution in [3.05, 3.63) is 68.6 Å². The summed E-state index contributed by atoms with van der Waals surface area (Å²) in [7, 11) is 0. The molecule has 3 aromatic rings. The molecule has 3 rings (SSSR count). The fourth-order valence-electron chi connectivity index (χ4n) is 2.50. The maximum atomic E-state index is 14.2. The van der Waals surface area contributed by atoms with Crippen LogP contribution >= 0.6 is 34.8 Å². The molecule has 2 aromatic carbocycles. The molecular formula is C19H12Cl3FN2O4. The molecular weight excluding hydrogens is 446 g/mol. The number of nitrogens with one attached hydrogen (secondary N) is 1. The number of aromatic nitrogens is 1. The van der Waals surface area contributed by atoms with Crippen LogP contribution in [0.4, 0.5) is 10.1 Å². The van der Waals surface area contributed by atoms with Crippen molar-refractivity contribution in [2.24, 2.45) is 0 Å². The van der Waals surface area contributed by atoms with Gasteiger partial charge in [0.05, 0.1) is 26.3 Å². The maximum Gasteiger partial charge on any atom is 0.344 e. The maximum absolute atomic E-state index is 14.2. The summed E-state index contributed by atoms with van der Waals surface area (Å²) >= 11 is 17.9. The molecule has 150 valence electrons. The van der Waals surface area contributed by atoms with Gasteiger partial charge in [-0.1, -0.05) is 52.1 Å². The normalized spacial score (nSPS) is 10.7. The van der Waals surface area contributed by atoms with Gasteiger partial charge in [0, 0.05) is 0 Å². The van der Waals surface area contributed by atoms with E-state index in [1.54, 1.807) is 12.1 Å². The number of halogens is 4. The van der Waals surface area contributed by atoms with E-state index < -0.39 is 24.3 Å². The van der Waals surface area contributed by atoms with E-state index in [0.29, 0.717) is 0 Å². The molecule has 0 fully saturated rings. The highest BCUT2D eigenvalue weighted by atomic mass is 35.5. The molecule has 0 atom stereocenters. The highest BCUT2D eigenvalue weighted by Gasteiger charge is 2.27. The van der Waals surface area contributed by atoms with Crippen LogP contribution in [0.3, 0.4) is 0 Å². The van der Waals surface area contributed by atoms with Crippen LogP contribution < -0.4 is 5.32 Å². The van der Waals surface area contributed by atoms with Crippen molar-refractivity contribution >= 4 is 52.4 Å². The van der Waals surface area contributed by atoms with E-state index >= 15 is 0 Å². The van der Waals surface area contributed by atoms with Crippen LogP contribution in [0.2, 0.25) is 15.1 Å². The van der Waals surface area contributed by atoms with Gasteiger partial charge in [0.1, 0.15) is 22.8 Å². The Labute approximate surface area is 179 Å². The van der Waals surface area contributed by atoms with Gasteiger partial charge in [-0.3, -0.25) is 4.79 Å². The van der Waals surface area contributed by atoms with E-state index in [2.05, 4.69) is 10.5 Å². The van der Waals surface area contributed by atoms with Gasteiger partial charge in [-0.05, 0) is 31.2 Å². The summed E-state index contributed by atoms with van der Waals surface area (Å²) in [5.41, 5.74) is -0.0900. The lowest BCUT2D eigenvalue weighted by molar-refractivity contribution is -0.119. The minimum Gasteiger partial charge on any atom is -0.452 e. The molecule has 1 heterocycles. The number of hydrogen-bond donors (Lipinski definition) is 1. The number of hydrogen-bond acceptors (Lipinski definition) is 5. The average Bonchev–Trinajstić information content (AvgIpc) is 3.04. The van der Waals surface area contributed by atoms with Crippen molar-refractivity contribution < 1.29 is 23.2 Å². The number of ether oxygens (including phenoxy) is 1. The summed E-state index contributed by atoms with van der Waals surface area (Å²) in [4.78, 5) is 24.6. The zero-order valence-electron chi connectivity index (χ0n) is 14.8. The van der Waals surface area contributed by atoms with Gasteiger partial charge < -0.3 is 14.6 Å². The van der Waals surface area contributed by atoms with Crippen LogP contribution in [0.25, 0.3) is 11.3 Å². The molecule has 6 nitrogen and oxygen atoms in total. The van der Waals surface area contributed by atoms with Gasteiger partial charge in [0.15, 0.2) is 6.61 Å². The summed E-state index contributed by atoms with van der Waals surface area (Å²) in [5.74, 6) is -2.18. The molecule has 1 N–H and O–H groups in total. The molecule has 0 aliphatic heterocycles. The number of aryl methyl sites for hydroxylation is 1. The average molecular weight is 458 g/mol. The molecule has 0 aliphatic carbocycles. The fourth-order valence-corrected chi connectivity index (χ4v) is 3.10. The third kappa shape index (κ3) is 4.53. The number of benzene rings is 2. The second-order valence-corrected chi connectivity index (χ2v) is 6.98. The van der Waals surface area contributed by atoms with Crippen molar-refractivity contribution in [3.8, 4) is 11.3 Å². The van der Waals surface area contributed by atoms with E-state index in [4.69, 9.17) is 44.1 Å². The molecule has 0 aliphatic rings. The first kappa shape index (κ1) is 21.1. The number of esters is 1. The van der Waals surface area contributed by atoms with E-state index in [1.165, 1.54) is 31.2 Å². The standard InChI is InChI=1S/C19H12Cl3FN2O4/c1-9-15(18(25-29-9)16-10(20)4-2-6-12(16)23)19(27)28-8-14(26)24-13-7-3-5-11(21)17(13)22/h2-7H,8H2,1H3,(H,24,26). The Morgan fingerprint density at radius 2 is 1.83 bits per heavy atom. The first-order valence-electron chi connectivity index (χ1n) is 8.11. The highest BCUT2D eigenvalue weighted by Crippen LogP contribution is 2.34. The number of rotatable bonds is 5. The largest absolute Gasteiger partial charge is 0.452 e. The number of carbonyl (C=O) groups is 2. The zero-order chi connectivity index (χ0) is 21.1. The Bertz CT molecular complexity index is 1080. The molecule has 0 saturated carbocycles. The van der Waals surface area contributed by atoms with Gasteiger partial charge in [-0.25, -0.2) is 9.18 Å². The summed E-state index contributed by atoms with van der Waals surface area (Å²) in [5, 5.41) is 6.64. The van der Waals surface area contributed by atoms with Gasteiger partial charge >= 0.3 is 5.97 Å². The van der Waals surface area contributed by atoms with Gasteiger partial charge in [0.2, 0.25) is 0 Å². The minimum absolute atomic E-state index is 0.0423. The Balaban J connectivity index is 1.76. The van der Waals surface area contributed by atoms with E-state index in [1.807, 2.05) is 0 Å². The molecule has 10 heteroatoms. The summed E-state index contributed by atoms with van der Waals surface area (Å²) < 4.78 is 24.2. The van der Waals surface area contributed by atoms with Crippen LogP contribution in [-0.2, 0) is 9.53 Å². The SMILES string of the molecule is Cc1onc(-c2c(F)cccc2Cl)c1C(=O)OCC(=O)Nc1cccc(Cl)c1Cl. The first-order valence-corrected chi connectivity index (χ1v) is 9.24. The molecule has 1 aromatic heterocycles. The van der Waals surface area contributed by atoms with Crippen LogP contribution in [0.5, 0.6) is 0 Å². The molecule has 0 saturated heterocycles. The summed E-state index contributed by atoms with van der Waals surface area (Å²) in [6, 6.07) is 8.72. The van der Waals surface area contributed by atoms with Crippen LogP contribution in [0.15, 0.2) is 40.9 Å². The molecule has 29 heavy (non-hydrogen) atoms. The third-order valence-corrected chi connectivity index (χ3v) is 4.96. The quantitative estimate of drug-likeness (QED) is 0.508. The van der Waals surface area contributed by atoms with Gasteiger partial charge in [-0.2, -0.15) is 0 Å². The lowest BCUT2D eigenvalue weighted by Gasteiger charge is -2.09. The third-order valence-electron chi connectivity index (χ3n) is 3.83. The lowest BCUT2D eigenvalue weighted by Crippen LogP contribution is -2.21. The smallest absolute Gasteiger partial charge is 0.344 e. The lowest BCUT2D eigenvalue weighted by atomic mass is 10.1. The Morgan fingerprint density at radius 3 is 2.55 bits per heavy atom. The molecule has 0 unspecified atom stereocenters. The fraction of sp³-hybridized carbons (Fsp3) is 0.105. The van der Waals surface area contributed by atoms with Crippen molar-refractivity contribution in [3.63, 3.8) is 0 Å². The Morgan fingerprint density at radius 1 is 1.14 bits per heavy atom. The number of carbonyl (C=O) groups excluding carboxylic acids is 2. The summed E-state index contributed by atoms with van der Waals surface area (Å²) in [6.45, 7) is 0.824. The monoisotopic (exact) mass is 456 g/mol. The van der Waals surface area contributed by atoms with E-state index in [0.717, 1.165) is 0 Å². The zero-order valence-corrected chi connectivity index (χ0v) is 17.0. The van der Waals surface area contributed by atoms with Crippen LogP contribution in [0.1, 0.15) is 16.1 Å². The second kappa shape index (κ2) is 8.82. The molecule has 1 amide bonds. The molecule has 0 spiro atoms. The van der Waals surface area contributed by atoms with Crippen LogP contribution in [0, 0.1) is 12.7 Å². The predicted octanol–water partition coefficient (Wildman–Crippen LogP) is 5.54. The molecule has 0 radical (unpaired) electrons. The number of anilines is 1. The first-order chi connectivity index (χ1) is 13.8. The number of amides is 1. The topological polar surface area (TPSA) is 81.4 Å². The molecule has 0 bridgehead atoms. The van der Waals surface area contributed by atoms with Crippen molar-refractivity contribution in [2.75, 3.05) is 11.9 Å². The summed E-state index contributed by atoms with van der Waals surface area (Å²) in [6.07, 6.45) is 0. The van der Waals surface area contributed by atoms with E-state index in [-0.39, 0.29) is 43.3 Å².